The van der Waals surface area contributed by atoms with E-state index in [4.69, 9.17) is 4.74 Å². The molecule has 0 aliphatic heterocycles. The van der Waals surface area contributed by atoms with Crippen molar-refractivity contribution in [2.24, 2.45) is 0 Å². The van der Waals surface area contributed by atoms with E-state index in [0.717, 1.165) is 10.2 Å². The molecule has 0 unspecified atom stereocenters. The number of carbonyl (C=O) groups excluding carboxylic acids is 1. The van der Waals surface area contributed by atoms with Gasteiger partial charge in [-0.25, -0.2) is 10.2 Å². The number of hydrogen-bond donors (Lipinski definition) is 2. The lowest BCUT2D eigenvalue weighted by Crippen LogP contribution is -2.40. The summed E-state index contributed by atoms with van der Waals surface area (Å²) in [6.45, 7) is 5.97. The van der Waals surface area contributed by atoms with Crippen molar-refractivity contribution in [2.75, 3.05) is 0 Å². The maximum Gasteiger partial charge on any atom is 0.422 e. The molecule has 0 saturated heterocycles. The highest BCUT2D eigenvalue weighted by atomic mass is 79.9. The SMILES string of the molecule is CC(C)(C)OC(=O)NNCc1cnn(C2CCC2)c1Br. The summed E-state index contributed by atoms with van der Waals surface area (Å²) >= 11 is 3.56. The molecule has 20 heavy (non-hydrogen) atoms. The number of hydrogen-bond acceptors (Lipinski definition) is 4. The van der Waals surface area contributed by atoms with Gasteiger partial charge < -0.3 is 4.74 Å². The fraction of sp³-hybridized carbons (Fsp3) is 0.692. The van der Waals surface area contributed by atoms with Crippen LogP contribution in [0.4, 0.5) is 4.79 Å². The number of nitrogens with one attached hydrogen (secondary N) is 2. The number of halogens is 1. The van der Waals surface area contributed by atoms with Crippen molar-refractivity contribution in [3.8, 4) is 0 Å². The fourth-order valence-electron chi connectivity index (χ4n) is 1.90. The van der Waals surface area contributed by atoms with Crippen LogP contribution >= 0.6 is 15.9 Å². The zero-order valence-corrected chi connectivity index (χ0v) is 13.7. The smallest absolute Gasteiger partial charge is 0.422 e. The molecule has 6 nitrogen and oxygen atoms in total. The third kappa shape index (κ3) is 3.96. The third-order valence-corrected chi connectivity index (χ3v) is 3.97. The highest BCUT2D eigenvalue weighted by Gasteiger charge is 2.23. The molecule has 7 heteroatoms. The predicted molar refractivity (Wildman–Crippen MR) is 79.0 cm³/mol. The minimum Gasteiger partial charge on any atom is -0.443 e. The number of rotatable bonds is 4. The second-order valence-electron chi connectivity index (χ2n) is 5.97. The van der Waals surface area contributed by atoms with Gasteiger partial charge in [-0.1, -0.05) is 0 Å². The van der Waals surface area contributed by atoms with Gasteiger partial charge in [-0.05, 0) is 56.0 Å². The van der Waals surface area contributed by atoms with E-state index in [-0.39, 0.29) is 0 Å². The number of aromatic nitrogens is 2. The van der Waals surface area contributed by atoms with Crippen molar-refractivity contribution in [3.63, 3.8) is 0 Å². The van der Waals surface area contributed by atoms with E-state index in [1.807, 2.05) is 31.6 Å². The Labute approximate surface area is 127 Å². The summed E-state index contributed by atoms with van der Waals surface area (Å²) in [6.07, 6.45) is 4.96. The predicted octanol–water partition coefficient (Wildman–Crippen LogP) is 2.90. The Balaban J connectivity index is 1.79. The Morgan fingerprint density at radius 2 is 2.25 bits per heavy atom. The van der Waals surface area contributed by atoms with Gasteiger partial charge in [-0.15, -0.1) is 0 Å². The highest BCUT2D eigenvalue weighted by molar-refractivity contribution is 9.10. The van der Waals surface area contributed by atoms with Gasteiger partial charge in [-0.3, -0.25) is 10.1 Å². The van der Waals surface area contributed by atoms with Crippen molar-refractivity contribution in [3.05, 3.63) is 16.4 Å². The van der Waals surface area contributed by atoms with Crippen LogP contribution in [0.3, 0.4) is 0 Å². The monoisotopic (exact) mass is 344 g/mol. The lowest BCUT2D eigenvalue weighted by atomic mass is 9.93. The Bertz CT molecular complexity index is 477. The molecule has 1 fully saturated rings. The molecule has 0 aromatic carbocycles. The third-order valence-electron chi connectivity index (χ3n) is 3.09. The first-order valence-electron chi connectivity index (χ1n) is 6.80. The number of nitrogens with zero attached hydrogens (tertiary/aromatic N) is 2. The zero-order valence-electron chi connectivity index (χ0n) is 12.1. The summed E-state index contributed by atoms with van der Waals surface area (Å²) in [5.74, 6) is 0. The first kappa shape index (κ1) is 15.3. The van der Waals surface area contributed by atoms with E-state index in [0.29, 0.717) is 12.6 Å². The summed E-state index contributed by atoms with van der Waals surface area (Å²) in [5, 5.41) is 4.38. The molecule has 1 aliphatic rings. The van der Waals surface area contributed by atoms with Crippen molar-refractivity contribution >= 4 is 22.0 Å². The normalized spacial score (nSPS) is 15.8. The molecule has 2 rings (SSSR count). The Kier molecular flexibility index (Phi) is 4.70. The maximum atomic E-state index is 11.5. The van der Waals surface area contributed by atoms with Crippen LogP contribution in [0.1, 0.15) is 51.6 Å². The fourth-order valence-corrected chi connectivity index (χ4v) is 2.53. The minimum atomic E-state index is -0.499. The Morgan fingerprint density at radius 1 is 1.55 bits per heavy atom. The van der Waals surface area contributed by atoms with Crippen LogP contribution in [0.5, 0.6) is 0 Å². The molecule has 1 aromatic heterocycles. The van der Waals surface area contributed by atoms with Crippen LogP contribution in [-0.4, -0.2) is 21.5 Å². The molecule has 1 amide bonds. The van der Waals surface area contributed by atoms with Crippen molar-refractivity contribution in [1.82, 2.24) is 20.6 Å². The van der Waals surface area contributed by atoms with Crippen LogP contribution in [0.25, 0.3) is 0 Å². The molecule has 2 N–H and O–H groups in total. The molecular formula is C13H21BrN4O2. The average molecular weight is 345 g/mol. The topological polar surface area (TPSA) is 68.2 Å². The van der Waals surface area contributed by atoms with Crippen LogP contribution in [0.2, 0.25) is 0 Å². The van der Waals surface area contributed by atoms with E-state index >= 15 is 0 Å². The number of amides is 1. The standard InChI is InChI=1S/C13H21BrN4O2/c1-13(2,3)20-12(19)17-15-7-9-8-16-18(11(9)14)10-5-4-6-10/h8,10,15H,4-7H2,1-3H3,(H,17,19). The first-order valence-corrected chi connectivity index (χ1v) is 7.60. The highest BCUT2D eigenvalue weighted by Crippen LogP contribution is 2.34. The van der Waals surface area contributed by atoms with Gasteiger partial charge in [0, 0.05) is 12.1 Å². The van der Waals surface area contributed by atoms with E-state index in [1.165, 1.54) is 19.3 Å². The Hall–Kier alpha value is -1.08. The van der Waals surface area contributed by atoms with Crippen LogP contribution in [0.15, 0.2) is 10.8 Å². The zero-order chi connectivity index (χ0) is 14.8. The molecule has 112 valence electrons. The van der Waals surface area contributed by atoms with Gasteiger partial charge in [0.2, 0.25) is 0 Å². The second kappa shape index (κ2) is 6.13. The summed E-state index contributed by atoms with van der Waals surface area (Å²) < 4.78 is 8.11. The van der Waals surface area contributed by atoms with Crippen LogP contribution < -0.4 is 10.9 Å². The van der Waals surface area contributed by atoms with Gasteiger partial charge >= 0.3 is 6.09 Å². The molecule has 1 aliphatic carbocycles. The molecular weight excluding hydrogens is 324 g/mol. The summed E-state index contributed by atoms with van der Waals surface area (Å²) in [6, 6.07) is 0.511. The van der Waals surface area contributed by atoms with Gasteiger partial charge in [0.05, 0.1) is 12.2 Å². The number of carbonyl (C=O) groups is 1. The summed E-state index contributed by atoms with van der Waals surface area (Å²) in [4.78, 5) is 11.5. The summed E-state index contributed by atoms with van der Waals surface area (Å²) in [5.41, 5.74) is 5.87. The van der Waals surface area contributed by atoms with Crippen LogP contribution in [0, 0.1) is 0 Å². The molecule has 1 saturated carbocycles. The van der Waals surface area contributed by atoms with Crippen LogP contribution in [-0.2, 0) is 11.3 Å². The molecule has 0 spiro atoms. The largest absolute Gasteiger partial charge is 0.443 e. The molecule has 0 bridgehead atoms. The molecule has 1 aromatic rings. The van der Waals surface area contributed by atoms with Gasteiger partial charge in [0.1, 0.15) is 10.2 Å². The van der Waals surface area contributed by atoms with Crippen molar-refractivity contribution < 1.29 is 9.53 Å². The van der Waals surface area contributed by atoms with Crippen molar-refractivity contribution in [1.29, 1.82) is 0 Å². The minimum absolute atomic E-state index is 0.486. The van der Waals surface area contributed by atoms with E-state index in [2.05, 4.69) is 31.9 Å². The Morgan fingerprint density at radius 3 is 2.80 bits per heavy atom. The van der Waals surface area contributed by atoms with E-state index in [1.54, 1.807) is 0 Å². The number of ether oxygens (including phenoxy) is 1. The lowest BCUT2D eigenvalue weighted by molar-refractivity contribution is 0.0497. The first-order chi connectivity index (χ1) is 9.37. The molecule has 0 radical (unpaired) electrons. The quantitative estimate of drug-likeness (QED) is 0.824. The van der Waals surface area contributed by atoms with Gasteiger partial charge in [0.15, 0.2) is 0 Å². The average Bonchev–Trinajstić information content (AvgIpc) is 2.57. The van der Waals surface area contributed by atoms with E-state index in [9.17, 15) is 4.79 Å². The van der Waals surface area contributed by atoms with Crippen molar-refractivity contribution in [2.45, 2.75) is 58.2 Å². The molecule has 1 heterocycles. The van der Waals surface area contributed by atoms with E-state index < -0.39 is 11.7 Å². The molecule has 0 atom stereocenters. The number of hydrazine groups is 1. The second-order valence-corrected chi connectivity index (χ2v) is 6.72. The summed E-state index contributed by atoms with van der Waals surface area (Å²) in [7, 11) is 0. The van der Waals surface area contributed by atoms with Gasteiger partial charge in [0.25, 0.3) is 0 Å². The van der Waals surface area contributed by atoms with Gasteiger partial charge in [-0.2, -0.15) is 5.10 Å². The lowest BCUT2D eigenvalue weighted by Gasteiger charge is -2.26. The maximum absolute atomic E-state index is 11.5.